The molecular weight excluding hydrogens is 364 g/mol. The van der Waals surface area contributed by atoms with Gasteiger partial charge in [0.1, 0.15) is 11.5 Å². The van der Waals surface area contributed by atoms with E-state index in [2.05, 4.69) is 27.0 Å². The second-order valence-electron chi connectivity index (χ2n) is 7.23. The molecule has 0 saturated carbocycles. The molecule has 1 atom stereocenters. The summed E-state index contributed by atoms with van der Waals surface area (Å²) >= 11 is 0. The van der Waals surface area contributed by atoms with Gasteiger partial charge >= 0.3 is 0 Å². The van der Waals surface area contributed by atoms with Crippen molar-refractivity contribution in [1.29, 1.82) is 0 Å². The van der Waals surface area contributed by atoms with E-state index in [0.717, 1.165) is 54.3 Å². The average molecular weight is 390 g/mol. The third-order valence-electron chi connectivity index (χ3n) is 5.46. The van der Waals surface area contributed by atoms with Gasteiger partial charge in [0.25, 0.3) is 0 Å². The van der Waals surface area contributed by atoms with Gasteiger partial charge in [-0.3, -0.25) is 4.90 Å². The van der Waals surface area contributed by atoms with Crippen molar-refractivity contribution in [3.8, 4) is 22.6 Å². The molecule has 0 amide bonds. The van der Waals surface area contributed by atoms with Gasteiger partial charge in [-0.15, -0.1) is 0 Å². The molecule has 0 aliphatic carbocycles. The Bertz CT molecular complexity index is 958. The Morgan fingerprint density at radius 2 is 1.66 bits per heavy atom. The normalized spacial score (nSPS) is 16.7. The van der Waals surface area contributed by atoms with Crippen molar-refractivity contribution >= 4 is 5.95 Å². The van der Waals surface area contributed by atoms with Crippen LogP contribution in [0.5, 0.6) is 11.5 Å². The molecule has 6 heteroatoms. The molecule has 2 heterocycles. The number of hydrogen-bond acceptors (Lipinski definition) is 6. The fourth-order valence-corrected chi connectivity index (χ4v) is 3.95. The van der Waals surface area contributed by atoms with Gasteiger partial charge in [-0.05, 0) is 54.8 Å². The molecule has 29 heavy (non-hydrogen) atoms. The molecule has 1 unspecified atom stereocenters. The SMILES string of the molecule is COc1ccc(CN2CCCC2c2nc(N)ncc2-c2ccc(OC)cc2)cc1. The largest absolute Gasteiger partial charge is 0.497 e. The number of aromatic nitrogens is 2. The number of methoxy groups -OCH3 is 2. The van der Waals surface area contributed by atoms with Gasteiger partial charge in [-0.2, -0.15) is 0 Å². The lowest BCUT2D eigenvalue weighted by molar-refractivity contribution is 0.245. The zero-order valence-corrected chi connectivity index (χ0v) is 16.8. The van der Waals surface area contributed by atoms with Crippen LogP contribution in [0.25, 0.3) is 11.1 Å². The Morgan fingerprint density at radius 3 is 2.31 bits per heavy atom. The van der Waals surface area contributed by atoms with Crippen LogP contribution in [-0.2, 0) is 6.54 Å². The monoisotopic (exact) mass is 390 g/mol. The van der Waals surface area contributed by atoms with Crippen LogP contribution in [0, 0.1) is 0 Å². The predicted octanol–water partition coefficient (Wildman–Crippen LogP) is 4.08. The summed E-state index contributed by atoms with van der Waals surface area (Å²) in [5, 5.41) is 0. The highest BCUT2D eigenvalue weighted by Gasteiger charge is 2.29. The highest BCUT2D eigenvalue weighted by molar-refractivity contribution is 5.67. The van der Waals surface area contributed by atoms with Crippen LogP contribution in [-0.4, -0.2) is 35.6 Å². The molecular formula is C23H26N4O2. The quantitative estimate of drug-likeness (QED) is 0.684. The van der Waals surface area contributed by atoms with Gasteiger partial charge in [0.15, 0.2) is 0 Å². The summed E-state index contributed by atoms with van der Waals surface area (Å²) in [6, 6.07) is 16.5. The minimum atomic E-state index is 0.208. The summed E-state index contributed by atoms with van der Waals surface area (Å²) in [7, 11) is 3.36. The van der Waals surface area contributed by atoms with Crippen molar-refractivity contribution in [3.05, 3.63) is 66.0 Å². The minimum Gasteiger partial charge on any atom is -0.497 e. The fourth-order valence-electron chi connectivity index (χ4n) is 3.95. The second kappa shape index (κ2) is 8.49. The molecule has 2 aromatic carbocycles. The van der Waals surface area contributed by atoms with Crippen LogP contribution < -0.4 is 15.2 Å². The number of rotatable bonds is 6. The smallest absolute Gasteiger partial charge is 0.220 e. The highest BCUT2D eigenvalue weighted by Crippen LogP contribution is 2.38. The van der Waals surface area contributed by atoms with E-state index in [9.17, 15) is 0 Å². The predicted molar refractivity (Wildman–Crippen MR) is 114 cm³/mol. The Hall–Kier alpha value is -3.12. The van der Waals surface area contributed by atoms with E-state index in [1.165, 1.54) is 5.56 Å². The maximum Gasteiger partial charge on any atom is 0.220 e. The van der Waals surface area contributed by atoms with E-state index in [4.69, 9.17) is 15.2 Å². The molecule has 0 bridgehead atoms. The third kappa shape index (κ3) is 4.17. The number of hydrogen-bond donors (Lipinski definition) is 1. The van der Waals surface area contributed by atoms with Crippen LogP contribution in [0.15, 0.2) is 54.7 Å². The molecule has 4 rings (SSSR count). The summed E-state index contributed by atoms with van der Waals surface area (Å²) in [5.74, 6) is 2.01. The number of ether oxygens (including phenoxy) is 2. The van der Waals surface area contributed by atoms with Crippen LogP contribution in [0.1, 0.15) is 30.1 Å². The molecule has 1 aliphatic heterocycles. The van der Waals surface area contributed by atoms with Gasteiger partial charge in [0, 0.05) is 18.3 Å². The summed E-state index contributed by atoms with van der Waals surface area (Å²) in [6.07, 6.45) is 4.02. The molecule has 1 aromatic heterocycles. The highest BCUT2D eigenvalue weighted by atomic mass is 16.5. The van der Waals surface area contributed by atoms with E-state index in [-0.39, 0.29) is 6.04 Å². The third-order valence-corrected chi connectivity index (χ3v) is 5.46. The molecule has 1 saturated heterocycles. The van der Waals surface area contributed by atoms with E-state index < -0.39 is 0 Å². The first-order chi connectivity index (χ1) is 14.2. The van der Waals surface area contributed by atoms with E-state index >= 15 is 0 Å². The topological polar surface area (TPSA) is 73.5 Å². The summed E-state index contributed by atoms with van der Waals surface area (Å²) in [4.78, 5) is 11.4. The number of nitrogens with two attached hydrogens (primary N) is 1. The Morgan fingerprint density at radius 1 is 1.00 bits per heavy atom. The lowest BCUT2D eigenvalue weighted by atomic mass is 9.99. The first kappa shape index (κ1) is 19.2. The fraction of sp³-hybridized carbons (Fsp3) is 0.304. The number of benzene rings is 2. The number of anilines is 1. The lowest BCUT2D eigenvalue weighted by Gasteiger charge is -2.26. The van der Waals surface area contributed by atoms with E-state index in [0.29, 0.717) is 5.95 Å². The standard InChI is InChI=1S/C23H26N4O2/c1-28-18-9-5-16(6-10-18)15-27-13-3-4-21(27)22-20(14-25-23(24)26-22)17-7-11-19(29-2)12-8-17/h5-12,14,21H,3-4,13,15H2,1-2H3,(H2,24,25,26). The zero-order valence-electron chi connectivity index (χ0n) is 16.8. The number of nitrogen functional groups attached to an aromatic ring is 1. The van der Waals surface area contributed by atoms with Gasteiger partial charge in [-0.1, -0.05) is 24.3 Å². The van der Waals surface area contributed by atoms with Crippen LogP contribution in [0.2, 0.25) is 0 Å². The first-order valence-corrected chi connectivity index (χ1v) is 9.81. The van der Waals surface area contributed by atoms with Crippen molar-refractivity contribution < 1.29 is 9.47 Å². The summed E-state index contributed by atoms with van der Waals surface area (Å²) < 4.78 is 10.6. The molecule has 2 N–H and O–H groups in total. The van der Waals surface area contributed by atoms with Crippen molar-refractivity contribution in [3.63, 3.8) is 0 Å². The van der Waals surface area contributed by atoms with Crippen molar-refractivity contribution in [2.24, 2.45) is 0 Å². The Balaban J connectivity index is 1.64. The minimum absolute atomic E-state index is 0.208. The lowest BCUT2D eigenvalue weighted by Crippen LogP contribution is -2.24. The number of nitrogens with zero attached hydrogens (tertiary/aromatic N) is 3. The van der Waals surface area contributed by atoms with Crippen molar-refractivity contribution in [2.45, 2.75) is 25.4 Å². The first-order valence-electron chi connectivity index (χ1n) is 9.81. The molecule has 0 spiro atoms. The molecule has 1 fully saturated rings. The van der Waals surface area contributed by atoms with Gasteiger partial charge < -0.3 is 15.2 Å². The van der Waals surface area contributed by atoms with Crippen LogP contribution in [0.4, 0.5) is 5.95 Å². The van der Waals surface area contributed by atoms with Crippen LogP contribution >= 0.6 is 0 Å². The van der Waals surface area contributed by atoms with E-state index in [1.807, 2.05) is 42.6 Å². The molecule has 1 aliphatic rings. The summed E-state index contributed by atoms with van der Waals surface area (Å²) in [6.45, 7) is 1.89. The zero-order chi connectivity index (χ0) is 20.2. The molecule has 3 aromatic rings. The molecule has 6 nitrogen and oxygen atoms in total. The maximum atomic E-state index is 5.97. The van der Waals surface area contributed by atoms with Crippen molar-refractivity contribution in [2.75, 3.05) is 26.5 Å². The Kier molecular flexibility index (Phi) is 5.62. The molecule has 150 valence electrons. The second-order valence-corrected chi connectivity index (χ2v) is 7.23. The summed E-state index contributed by atoms with van der Waals surface area (Å²) in [5.41, 5.74) is 10.3. The molecule has 0 radical (unpaired) electrons. The maximum absolute atomic E-state index is 5.97. The van der Waals surface area contributed by atoms with Gasteiger partial charge in [0.05, 0.1) is 26.0 Å². The Labute approximate surface area is 171 Å². The van der Waals surface area contributed by atoms with E-state index in [1.54, 1.807) is 14.2 Å². The van der Waals surface area contributed by atoms with Gasteiger partial charge in [-0.25, -0.2) is 9.97 Å². The van der Waals surface area contributed by atoms with Crippen LogP contribution in [0.3, 0.4) is 0 Å². The van der Waals surface area contributed by atoms with Crippen molar-refractivity contribution in [1.82, 2.24) is 14.9 Å². The average Bonchev–Trinajstić information content (AvgIpc) is 3.22. The number of likely N-dealkylation sites (tertiary alicyclic amines) is 1. The van der Waals surface area contributed by atoms with Gasteiger partial charge in [0.2, 0.25) is 5.95 Å².